The lowest BCUT2D eigenvalue weighted by Crippen LogP contribution is -2.31. The molecule has 0 fully saturated rings. The average Bonchev–Trinajstić information content (AvgIpc) is 3.16. The van der Waals surface area contributed by atoms with Crippen LogP contribution < -0.4 is 14.2 Å². The molecule has 1 aliphatic rings. The first kappa shape index (κ1) is 28.9. The molecule has 46 heavy (non-hydrogen) atoms. The smallest absolute Gasteiger partial charge is 0.338 e. The van der Waals surface area contributed by atoms with E-state index in [1.54, 1.807) is 31.2 Å². The number of ether oxygens (including phenoxy) is 4. The van der Waals surface area contributed by atoms with E-state index >= 15 is 0 Å². The molecule has 6 aromatic rings. The van der Waals surface area contributed by atoms with E-state index in [-0.39, 0.29) is 13.2 Å². The maximum atomic E-state index is 13.3. The second kappa shape index (κ2) is 12.3. The highest BCUT2D eigenvalue weighted by molar-refractivity contribution is 6.09. The zero-order chi connectivity index (χ0) is 31.6. The summed E-state index contributed by atoms with van der Waals surface area (Å²) < 4.78 is 24.0. The highest BCUT2D eigenvalue weighted by Crippen LogP contribution is 2.46. The Bertz CT molecular complexity index is 2020. The lowest BCUT2D eigenvalue weighted by Gasteiger charge is -2.18. The van der Waals surface area contributed by atoms with Gasteiger partial charge in [0.15, 0.2) is 6.10 Å². The zero-order valence-electron chi connectivity index (χ0n) is 25.2. The Kier molecular flexibility index (Phi) is 7.69. The number of hydrogen-bond acceptors (Lipinski definition) is 6. The van der Waals surface area contributed by atoms with Gasteiger partial charge in [0.2, 0.25) is 0 Å². The zero-order valence-corrected chi connectivity index (χ0v) is 25.2. The predicted octanol–water partition coefficient (Wildman–Crippen LogP) is 8.81. The van der Waals surface area contributed by atoms with Crippen molar-refractivity contribution in [2.24, 2.45) is 0 Å². The minimum atomic E-state index is -0.654. The molecule has 0 bridgehead atoms. The van der Waals surface area contributed by atoms with E-state index in [0.29, 0.717) is 28.4 Å². The van der Waals surface area contributed by atoms with Crippen molar-refractivity contribution in [1.82, 2.24) is 0 Å². The number of benzene rings is 6. The van der Waals surface area contributed by atoms with Crippen molar-refractivity contribution in [2.45, 2.75) is 13.0 Å². The van der Waals surface area contributed by atoms with E-state index in [0.717, 1.165) is 43.8 Å². The Labute approximate surface area is 266 Å². The molecule has 6 aromatic carbocycles. The Morgan fingerprint density at radius 2 is 1.15 bits per heavy atom. The van der Waals surface area contributed by atoms with Gasteiger partial charge in [-0.2, -0.15) is 0 Å². The van der Waals surface area contributed by atoms with E-state index in [4.69, 9.17) is 18.9 Å². The van der Waals surface area contributed by atoms with Crippen molar-refractivity contribution in [3.8, 4) is 39.5 Å². The maximum absolute atomic E-state index is 13.3. The summed E-state index contributed by atoms with van der Waals surface area (Å²) in [5.41, 5.74) is 4.45. The van der Waals surface area contributed by atoms with Crippen molar-refractivity contribution < 1.29 is 28.5 Å². The van der Waals surface area contributed by atoms with Gasteiger partial charge in [-0.3, -0.25) is 0 Å². The molecule has 1 heterocycles. The molecule has 0 aliphatic carbocycles. The molecule has 0 saturated heterocycles. The molecule has 0 spiro atoms. The minimum Gasteiger partial charge on any atom is -0.489 e. The van der Waals surface area contributed by atoms with Crippen LogP contribution in [-0.2, 0) is 9.53 Å². The first-order valence-electron chi connectivity index (χ1n) is 15.0. The lowest BCUT2D eigenvalue weighted by molar-refractivity contribution is -0.130. The first-order chi connectivity index (χ1) is 22.4. The van der Waals surface area contributed by atoms with Crippen LogP contribution in [0.3, 0.4) is 0 Å². The van der Waals surface area contributed by atoms with Gasteiger partial charge in [0.1, 0.15) is 30.5 Å². The van der Waals surface area contributed by atoms with Crippen LogP contribution in [0.25, 0.3) is 43.8 Å². The van der Waals surface area contributed by atoms with E-state index in [1.807, 2.05) is 72.8 Å². The third-order valence-electron chi connectivity index (χ3n) is 8.02. The van der Waals surface area contributed by atoms with Gasteiger partial charge in [-0.15, -0.1) is 0 Å². The molecule has 6 nitrogen and oxygen atoms in total. The minimum absolute atomic E-state index is 0.128. The van der Waals surface area contributed by atoms with Crippen LogP contribution in [0.15, 0.2) is 133 Å². The second-order valence-corrected chi connectivity index (χ2v) is 11.2. The molecular weight excluding hydrogens is 576 g/mol. The second-order valence-electron chi connectivity index (χ2n) is 11.2. The fourth-order valence-electron chi connectivity index (χ4n) is 5.67. The number of carbonyl (C=O) groups excluding carboxylic acids is 2. The monoisotopic (exact) mass is 606 g/mol. The summed E-state index contributed by atoms with van der Waals surface area (Å²) in [5, 5.41) is 4.30. The third-order valence-corrected chi connectivity index (χ3v) is 8.02. The summed E-state index contributed by atoms with van der Waals surface area (Å²) >= 11 is 0. The Balaban J connectivity index is 1.13. The van der Waals surface area contributed by atoms with E-state index < -0.39 is 18.0 Å². The summed E-state index contributed by atoms with van der Waals surface area (Å²) in [4.78, 5) is 25.1. The van der Waals surface area contributed by atoms with E-state index in [1.165, 1.54) is 0 Å². The van der Waals surface area contributed by atoms with Crippen LogP contribution in [0.1, 0.15) is 17.3 Å². The van der Waals surface area contributed by atoms with Gasteiger partial charge >= 0.3 is 11.9 Å². The lowest BCUT2D eigenvalue weighted by atomic mass is 9.92. The number of fused-ring (bicyclic) bond motifs is 7. The first-order valence-corrected chi connectivity index (χ1v) is 15.0. The van der Waals surface area contributed by atoms with Gasteiger partial charge < -0.3 is 18.9 Å². The van der Waals surface area contributed by atoms with Gasteiger partial charge in [0.05, 0.1) is 5.56 Å². The molecule has 7 rings (SSSR count). The maximum Gasteiger partial charge on any atom is 0.338 e. The topological polar surface area (TPSA) is 71.1 Å². The number of carbonyl (C=O) groups is 2. The fourth-order valence-corrected chi connectivity index (χ4v) is 5.67. The van der Waals surface area contributed by atoms with Crippen LogP contribution >= 0.6 is 0 Å². The standard InChI is InChI=1S/C40H30O6/c1-25(2)39(41)45-31-19-15-27(16-20-31)26-11-13-30(14-12-26)40(42)46-32-23-43-35-21-17-28-7-3-5-9-33(28)37(35)38-34-10-6-4-8-29(34)18-22-36(38)44-24-32/h3-22,32H,1,23-24H2,2H3. The van der Waals surface area contributed by atoms with Gasteiger partial charge in [0, 0.05) is 16.7 Å². The summed E-state index contributed by atoms with van der Waals surface area (Å²) in [7, 11) is 0. The van der Waals surface area contributed by atoms with Crippen molar-refractivity contribution in [2.75, 3.05) is 13.2 Å². The van der Waals surface area contributed by atoms with Crippen LogP contribution in [0, 0.1) is 0 Å². The molecule has 226 valence electrons. The number of hydrogen-bond donors (Lipinski definition) is 0. The summed E-state index contributed by atoms with van der Waals surface area (Å²) in [6, 6.07) is 38.8. The van der Waals surface area contributed by atoms with Gasteiger partial charge in [-0.25, -0.2) is 9.59 Å². The SMILES string of the molecule is C=C(C)C(=O)Oc1ccc(-c2ccc(C(=O)OC3COc4ccc5ccccc5c4-c4c(ccc5ccccc45)OC3)cc2)cc1. The van der Waals surface area contributed by atoms with E-state index in [9.17, 15) is 9.59 Å². The van der Waals surface area contributed by atoms with Crippen LogP contribution in [0.2, 0.25) is 0 Å². The van der Waals surface area contributed by atoms with Gasteiger partial charge in [0.25, 0.3) is 0 Å². The average molecular weight is 607 g/mol. The summed E-state index contributed by atoms with van der Waals surface area (Å²) in [6.07, 6.45) is -0.654. The molecule has 0 N–H and O–H groups in total. The molecule has 0 atom stereocenters. The molecule has 1 aliphatic heterocycles. The van der Waals surface area contributed by atoms with Gasteiger partial charge in [-0.1, -0.05) is 91.5 Å². The largest absolute Gasteiger partial charge is 0.489 e. The van der Waals surface area contributed by atoms with Crippen molar-refractivity contribution in [3.05, 3.63) is 139 Å². The number of esters is 2. The molecule has 0 saturated carbocycles. The highest BCUT2D eigenvalue weighted by Gasteiger charge is 2.25. The third kappa shape index (κ3) is 5.69. The van der Waals surface area contributed by atoms with Crippen LogP contribution in [-0.4, -0.2) is 31.3 Å². The quantitative estimate of drug-likeness (QED) is 0.111. The Hall–Kier alpha value is -5.88. The van der Waals surface area contributed by atoms with Crippen LogP contribution in [0.5, 0.6) is 17.2 Å². The number of rotatable bonds is 5. The molecule has 0 unspecified atom stereocenters. The van der Waals surface area contributed by atoms with Crippen molar-refractivity contribution in [3.63, 3.8) is 0 Å². The van der Waals surface area contributed by atoms with E-state index in [2.05, 4.69) is 30.8 Å². The van der Waals surface area contributed by atoms with Crippen molar-refractivity contribution >= 4 is 33.5 Å². The van der Waals surface area contributed by atoms with Crippen molar-refractivity contribution in [1.29, 1.82) is 0 Å². The molecule has 6 heteroatoms. The Morgan fingerprint density at radius 3 is 1.67 bits per heavy atom. The normalized spacial score (nSPS) is 12.8. The predicted molar refractivity (Wildman–Crippen MR) is 179 cm³/mol. The summed E-state index contributed by atoms with van der Waals surface area (Å²) in [6.45, 7) is 5.46. The highest BCUT2D eigenvalue weighted by atomic mass is 16.6. The summed E-state index contributed by atoms with van der Waals surface area (Å²) in [5.74, 6) is 0.896. The molecule has 0 amide bonds. The molecular formula is C40H30O6. The molecule has 0 radical (unpaired) electrons. The Morgan fingerprint density at radius 1 is 0.652 bits per heavy atom. The van der Waals surface area contributed by atoms with Gasteiger partial charge in [-0.05, 0) is 76.0 Å². The molecule has 0 aromatic heterocycles. The van der Waals surface area contributed by atoms with Crippen LogP contribution in [0.4, 0.5) is 0 Å². The fraction of sp³-hybridized carbons (Fsp3) is 0.100.